The van der Waals surface area contributed by atoms with Crippen LogP contribution in [0.25, 0.3) is 33.5 Å². The molecule has 0 fully saturated rings. The van der Waals surface area contributed by atoms with Crippen molar-refractivity contribution in [2.24, 2.45) is 0 Å². The summed E-state index contributed by atoms with van der Waals surface area (Å²) < 4.78 is 11.0. The zero-order chi connectivity index (χ0) is 14.4. The van der Waals surface area contributed by atoms with Crippen LogP contribution in [0.2, 0.25) is 0 Å². The summed E-state index contributed by atoms with van der Waals surface area (Å²) in [6, 6.07) is 14.3. The minimum absolute atomic E-state index is 0.195. The number of hydrogen-bond donors (Lipinski definition) is 1. The second-order valence-electron chi connectivity index (χ2n) is 4.70. The number of fused-ring (bicyclic) bond motifs is 3. The predicted molar refractivity (Wildman–Crippen MR) is 79.9 cm³/mol. The van der Waals surface area contributed by atoms with E-state index in [0.717, 1.165) is 10.9 Å². The highest BCUT2D eigenvalue weighted by molar-refractivity contribution is 5.99. The molecule has 4 rings (SSSR count). The molecule has 0 amide bonds. The molecule has 4 aromatic rings. The molecule has 0 unspecified atom stereocenters. The van der Waals surface area contributed by atoms with Crippen LogP contribution in [0.4, 0.5) is 5.69 Å². The van der Waals surface area contributed by atoms with Gasteiger partial charge in [0.2, 0.25) is 5.89 Å². The summed E-state index contributed by atoms with van der Waals surface area (Å²) in [7, 11) is 0. The number of nitrogens with two attached hydrogens (primary N) is 1. The van der Waals surface area contributed by atoms with E-state index in [4.69, 9.17) is 14.6 Å². The Hall–Kier alpha value is -3.08. The van der Waals surface area contributed by atoms with Gasteiger partial charge in [0, 0.05) is 11.3 Å². The van der Waals surface area contributed by atoms with Gasteiger partial charge in [0.25, 0.3) is 0 Å². The molecule has 0 aliphatic rings. The second kappa shape index (κ2) is 4.21. The van der Waals surface area contributed by atoms with Crippen molar-refractivity contribution in [2.75, 3.05) is 5.73 Å². The Morgan fingerprint density at radius 3 is 2.52 bits per heavy atom. The smallest absolute Gasteiger partial charge is 0.366 e. The maximum Gasteiger partial charge on any atom is 0.366 e. The molecule has 0 bridgehead atoms. The maximum atomic E-state index is 12.0. The van der Waals surface area contributed by atoms with Crippen LogP contribution in [0.5, 0.6) is 0 Å². The molecule has 0 radical (unpaired) electrons. The summed E-state index contributed by atoms with van der Waals surface area (Å²) in [5.74, 6) is 0.369. The third-order valence-electron chi connectivity index (χ3n) is 3.31. The summed E-state index contributed by atoms with van der Waals surface area (Å²) >= 11 is 0. The van der Waals surface area contributed by atoms with Gasteiger partial charge >= 0.3 is 5.63 Å². The number of para-hydroxylation sites is 1. The molecule has 0 saturated heterocycles. The van der Waals surface area contributed by atoms with E-state index in [1.165, 1.54) is 0 Å². The van der Waals surface area contributed by atoms with E-state index in [1.807, 2.05) is 12.1 Å². The van der Waals surface area contributed by atoms with Crippen molar-refractivity contribution in [3.8, 4) is 11.5 Å². The first-order valence-electron chi connectivity index (χ1n) is 6.41. The molecule has 2 aromatic heterocycles. The minimum Gasteiger partial charge on any atom is -0.435 e. The summed E-state index contributed by atoms with van der Waals surface area (Å²) in [4.78, 5) is 16.2. The van der Waals surface area contributed by atoms with Crippen LogP contribution in [0.3, 0.4) is 0 Å². The molecule has 2 aromatic carbocycles. The fraction of sp³-hybridized carbons (Fsp3) is 0. The zero-order valence-electron chi connectivity index (χ0n) is 10.9. The van der Waals surface area contributed by atoms with Gasteiger partial charge in [-0.2, -0.15) is 0 Å². The molecular formula is C16H10N2O3. The van der Waals surface area contributed by atoms with Crippen LogP contribution >= 0.6 is 0 Å². The number of rotatable bonds is 1. The van der Waals surface area contributed by atoms with Crippen LogP contribution in [-0.4, -0.2) is 4.98 Å². The van der Waals surface area contributed by atoms with Crippen molar-refractivity contribution in [3.63, 3.8) is 0 Å². The quantitative estimate of drug-likeness (QED) is 0.427. The monoisotopic (exact) mass is 278 g/mol. The van der Waals surface area contributed by atoms with Gasteiger partial charge in [-0.1, -0.05) is 12.1 Å². The number of nitrogen functional groups attached to an aromatic ring is 1. The first kappa shape index (κ1) is 11.7. The first-order chi connectivity index (χ1) is 10.2. The fourth-order valence-electron chi connectivity index (χ4n) is 2.28. The van der Waals surface area contributed by atoms with Crippen molar-refractivity contribution in [1.82, 2.24) is 4.98 Å². The molecule has 5 heteroatoms. The third kappa shape index (κ3) is 1.79. The number of nitrogens with zero attached hydrogens (tertiary/aromatic N) is 1. The number of aromatic nitrogens is 1. The maximum absolute atomic E-state index is 12.0. The summed E-state index contributed by atoms with van der Waals surface area (Å²) in [6.07, 6.45) is 0. The Balaban J connectivity index is 2.05. The van der Waals surface area contributed by atoms with Gasteiger partial charge in [-0.3, -0.25) is 0 Å². The van der Waals surface area contributed by atoms with E-state index in [-0.39, 0.29) is 5.52 Å². The molecular weight excluding hydrogens is 268 g/mol. The topological polar surface area (TPSA) is 82.3 Å². The van der Waals surface area contributed by atoms with Crippen molar-refractivity contribution in [1.29, 1.82) is 0 Å². The van der Waals surface area contributed by atoms with Gasteiger partial charge in [-0.15, -0.1) is 0 Å². The highest BCUT2D eigenvalue weighted by atomic mass is 16.4. The van der Waals surface area contributed by atoms with Crippen LogP contribution in [0, 0.1) is 0 Å². The van der Waals surface area contributed by atoms with Gasteiger partial charge in [0.1, 0.15) is 5.58 Å². The average molecular weight is 278 g/mol. The van der Waals surface area contributed by atoms with Crippen molar-refractivity contribution in [2.45, 2.75) is 0 Å². The zero-order valence-corrected chi connectivity index (χ0v) is 10.9. The average Bonchev–Trinajstić information content (AvgIpc) is 2.94. The lowest BCUT2D eigenvalue weighted by Gasteiger charge is -1.96. The molecule has 0 spiro atoms. The summed E-state index contributed by atoms with van der Waals surface area (Å²) in [6.45, 7) is 0. The highest BCUT2D eigenvalue weighted by Crippen LogP contribution is 2.28. The lowest BCUT2D eigenvalue weighted by atomic mass is 10.2. The molecule has 0 atom stereocenters. The summed E-state index contributed by atoms with van der Waals surface area (Å²) in [5.41, 5.74) is 7.68. The van der Waals surface area contributed by atoms with Crippen molar-refractivity contribution in [3.05, 3.63) is 59.0 Å². The molecule has 0 aliphatic carbocycles. The Morgan fingerprint density at radius 1 is 0.952 bits per heavy atom. The Morgan fingerprint density at radius 2 is 1.71 bits per heavy atom. The van der Waals surface area contributed by atoms with Crippen molar-refractivity contribution < 1.29 is 8.83 Å². The van der Waals surface area contributed by atoms with Crippen LogP contribution in [0.1, 0.15) is 0 Å². The minimum atomic E-state index is -0.505. The molecule has 102 valence electrons. The van der Waals surface area contributed by atoms with Gasteiger partial charge in [0.05, 0.1) is 5.39 Å². The molecule has 0 saturated carbocycles. The first-order valence-corrected chi connectivity index (χ1v) is 6.41. The number of oxazole rings is 1. The molecule has 5 nitrogen and oxygen atoms in total. The van der Waals surface area contributed by atoms with Crippen LogP contribution < -0.4 is 11.4 Å². The summed E-state index contributed by atoms with van der Waals surface area (Å²) in [5, 5.41) is 0.723. The van der Waals surface area contributed by atoms with Gasteiger partial charge in [-0.25, -0.2) is 9.78 Å². The lowest BCUT2D eigenvalue weighted by molar-refractivity contribution is 0.565. The number of hydrogen-bond acceptors (Lipinski definition) is 5. The van der Waals surface area contributed by atoms with Gasteiger partial charge < -0.3 is 14.6 Å². The van der Waals surface area contributed by atoms with E-state index in [2.05, 4.69) is 4.98 Å². The van der Waals surface area contributed by atoms with E-state index >= 15 is 0 Å². The standard InChI is InChI=1S/C16H10N2O3/c17-10-7-5-9(6-8-10)15-18-13-14(21-15)11-3-1-2-4-12(11)20-16(13)19/h1-8H,17H2. The number of benzene rings is 2. The normalized spacial score (nSPS) is 11.2. The van der Waals surface area contributed by atoms with E-state index < -0.39 is 5.63 Å². The molecule has 0 aliphatic heterocycles. The van der Waals surface area contributed by atoms with Crippen molar-refractivity contribution >= 4 is 27.8 Å². The molecule has 2 N–H and O–H groups in total. The van der Waals surface area contributed by atoms with Crippen LogP contribution in [-0.2, 0) is 0 Å². The predicted octanol–water partition coefficient (Wildman–Crippen LogP) is 3.18. The lowest BCUT2D eigenvalue weighted by Crippen LogP contribution is -1.99. The van der Waals surface area contributed by atoms with E-state index in [9.17, 15) is 4.79 Å². The third-order valence-corrected chi connectivity index (χ3v) is 3.31. The van der Waals surface area contributed by atoms with Gasteiger partial charge in [0.15, 0.2) is 11.1 Å². The highest BCUT2D eigenvalue weighted by Gasteiger charge is 2.15. The number of anilines is 1. The Labute approximate surface area is 118 Å². The fourth-order valence-corrected chi connectivity index (χ4v) is 2.28. The van der Waals surface area contributed by atoms with E-state index in [1.54, 1.807) is 36.4 Å². The SMILES string of the molecule is Nc1ccc(-c2nc3c(=O)oc4ccccc4c3o2)cc1. The van der Waals surface area contributed by atoms with Crippen LogP contribution in [0.15, 0.2) is 62.2 Å². The second-order valence-corrected chi connectivity index (χ2v) is 4.70. The largest absolute Gasteiger partial charge is 0.435 e. The molecule has 2 heterocycles. The van der Waals surface area contributed by atoms with Gasteiger partial charge in [-0.05, 0) is 36.4 Å². The molecule has 21 heavy (non-hydrogen) atoms. The Kier molecular flexibility index (Phi) is 2.35. The van der Waals surface area contributed by atoms with E-state index in [0.29, 0.717) is 22.7 Å². The Bertz CT molecular complexity index is 1010.